The predicted octanol–water partition coefficient (Wildman–Crippen LogP) is 1.41. The highest BCUT2D eigenvalue weighted by Crippen LogP contribution is 1.89. The highest BCUT2D eigenvalue weighted by Gasteiger charge is 1.85. The number of hydrogen-bond donors (Lipinski definition) is 0. The molecule has 0 saturated carbocycles. The summed E-state index contributed by atoms with van der Waals surface area (Å²) in [5, 5.41) is 0. The number of rotatable bonds is 3. The van der Waals surface area contributed by atoms with Crippen molar-refractivity contribution in [1.29, 1.82) is 0 Å². The number of aliphatic imine (C=N–C) groups is 2. The Hall–Kier alpha value is -0.660. The average molecular weight is 126 g/mol. The molecule has 9 heavy (non-hydrogen) atoms. The van der Waals surface area contributed by atoms with Gasteiger partial charge in [0.25, 0.3) is 0 Å². The van der Waals surface area contributed by atoms with Gasteiger partial charge in [-0.25, -0.2) is 0 Å². The molecule has 0 heterocycles. The van der Waals surface area contributed by atoms with Crippen molar-refractivity contribution in [1.82, 2.24) is 0 Å². The summed E-state index contributed by atoms with van der Waals surface area (Å²) < 4.78 is 0. The summed E-state index contributed by atoms with van der Waals surface area (Å²) in [7, 11) is 1.74. The standard InChI is InChI=1S/C7H14N2/c1-7(2)6-9-5-4-8-3/h4-5,7H,6H2,1-3H3/b8-4+,9-5+. The first-order valence-electron chi connectivity index (χ1n) is 3.18. The van der Waals surface area contributed by atoms with Crippen molar-refractivity contribution >= 4 is 12.4 Å². The molecule has 2 nitrogen and oxygen atoms in total. The van der Waals surface area contributed by atoms with Gasteiger partial charge in [-0.15, -0.1) is 0 Å². The molecule has 0 N–H and O–H groups in total. The molecule has 0 aromatic rings. The van der Waals surface area contributed by atoms with Crippen LogP contribution in [-0.2, 0) is 0 Å². The quantitative estimate of drug-likeness (QED) is 0.511. The lowest BCUT2D eigenvalue weighted by Crippen LogP contribution is -1.92. The van der Waals surface area contributed by atoms with Gasteiger partial charge in [0.1, 0.15) is 0 Å². The maximum atomic E-state index is 4.09. The Balaban J connectivity index is 3.25. The van der Waals surface area contributed by atoms with E-state index in [0.717, 1.165) is 6.54 Å². The highest BCUT2D eigenvalue weighted by molar-refractivity contribution is 6.15. The molecule has 0 amide bonds. The highest BCUT2D eigenvalue weighted by atomic mass is 14.7. The zero-order valence-corrected chi connectivity index (χ0v) is 6.33. The fourth-order valence-corrected chi connectivity index (χ4v) is 0.385. The van der Waals surface area contributed by atoms with Crippen molar-refractivity contribution in [3.63, 3.8) is 0 Å². The van der Waals surface area contributed by atoms with Crippen LogP contribution in [0.5, 0.6) is 0 Å². The minimum absolute atomic E-state index is 0.645. The topological polar surface area (TPSA) is 24.7 Å². The average Bonchev–Trinajstić information content (AvgIpc) is 1.80. The maximum Gasteiger partial charge on any atom is 0.0412 e. The van der Waals surface area contributed by atoms with Crippen molar-refractivity contribution in [2.45, 2.75) is 13.8 Å². The summed E-state index contributed by atoms with van der Waals surface area (Å²) in [6.07, 6.45) is 3.43. The molecular weight excluding hydrogens is 112 g/mol. The molecule has 0 aliphatic rings. The van der Waals surface area contributed by atoms with Gasteiger partial charge in [0.15, 0.2) is 0 Å². The predicted molar refractivity (Wildman–Crippen MR) is 42.6 cm³/mol. The molecule has 2 heteroatoms. The minimum Gasteiger partial charge on any atom is -0.295 e. The third-order valence-electron chi connectivity index (χ3n) is 0.792. The summed E-state index contributed by atoms with van der Waals surface area (Å²) in [6.45, 7) is 5.17. The van der Waals surface area contributed by atoms with Crippen LogP contribution >= 0.6 is 0 Å². The van der Waals surface area contributed by atoms with Gasteiger partial charge in [0.05, 0.1) is 0 Å². The summed E-state index contributed by atoms with van der Waals surface area (Å²) in [6, 6.07) is 0. The molecule has 0 atom stereocenters. The maximum absolute atomic E-state index is 4.09. The molecule has 0 aliphatic heterocycles. The fourth-order valence-electron chi connectivity index (χ4n) is 0.385. The van der Waals surface area contributed by atoms with Gasteiger partial charge >= 0.3 is 0 Å². The van der Waals surface area contributed by atoms with Crippen LogP contribution in [0.25, 0.3) is 0 Å². The minimum atomic E-state index is 0.645. The molecule has 0 aliphatic carbocycles. The second kappa shape index (κ2) is 5.48. The second-order valence-electron chi connectivity index (χ2n) is 2.32. The zero-order chi connectivity index (χ0) is 7.11. The van der Waals surface area contributed by atoms with Crippen molar-refractivity contribution < 1.29 is 0 Å². The third-order valence-corrected chi connectivity index (χ3v) is 0.792. The van der Waals surface area contributed by atoms with Crippen LogP contribution in [0.3, 0.4) is 0 Å². The van der Waals surface area contributed by atoms with Gasteiger partial charge in [-0.1, -0.05) is 13.8 Å². The van der Waals surface area contributed by atoms with E-state index in [1.165, 1.54) is 0 Å². The summed E-state index contributed by atoms with van der Waals surface area (Å²) >= 11 is 0. The van der Waals surface area contributed by atoms with E-state index in [9.17, 15) is 0 Å². The Labute approximate surface area is 56.7 Å². The lowest BCUT2D eigenvalue weighted by molar-refractivity contribution is 0.668. The molecule has 0 spiro atoms. The second-order valence-corrected chi connectivity index (χ2v) is 2.32. The van der Waals surface area contributed by atoms with Crippen LogP contribution in [0.15, 0.2) is 9.98 Å². The van der Waals surface area contributed by atoms with E-state index in [0.29, 0.717) is 5.92 Å². The molecule has 0 rings (SSSR count). The van der Waals surface area contributed by atoms with Gasteiger partial charge in [0.2, 0.25) is 0 Å². The molecule has 0 unspecified atom stereocenters. The van der Waals surface area contributed by atoms with Gasteiger partial charge in [-0.2, -0.15) is 0 Å². The first-order valence-corrected chi connectivity index (χ1v) is 3.18. The monoisotopic (exact) mass is 126 g/mol. The van der Waals surface area contributed by atoms with Crippen molar-refractivity contribution in [3.05, 3.63) is 0 Å². The van der Waals surface area contributed by atoms with E-state index >= 15 is 0 Å². The molecule has 0 bridgehead atoms. The van der Waals surface area contributed by atoms with Crippen LogP contribution in [0.2, 0.25) is 0 Å². The zero-order valence-electron chi connectivity index (χ0n) is 6.33. The Kier molecular flexibility index (Phi) is 5.07. The van der Waals surface area contributed by atoms with E-state index in [2.05, 4.69) is 23.8 Å². The normalized spacial score (nSPS) is 12.4. The number of nitrogens with zero attached hydrogens (tertiary/aromatic N) is 2. The third kappa shape index (κ3) is 7.34. The Morgan fingerprint density at radius 2 is 2.00 bits per heavy atom. The SMILES string of the molecule is C/N=C/C=N/CC(C)C. The molecule has 0 saturated heterocycles. The van der Waals surface area contributed by atoms with Crippen LogP contribution < -0.4 is 0 Å². The van der Waals surface area contributed by atoms with Gasteiger partial charge in [0, 0.05) is 26.0 Å². The largest absolute Gasteiger partial charge is 0.295 e. The Morgan fingerprint density at radius 1 is 1.33 bits per heavy atom. The molecule has 0 aromatic heterocycles. The van der Waals surface area contributed by atoms with E-state index in [1.807, 2.05) is 0 Å². The first kappa shape index (κ1) is 8.34. The summed E-state index contributed by atoms with van der Waals surface area (Å²) in [5.74, 6) is 0.645. The van der Waals surface area contributed by atoms with Crippen LogP contribution in [0.4, 0.5) is 0 Å². The summed E-state index contributed by atoms with van der Waals surface area (Å²) in [5.41, 5.74) is 0. The smallest absolute Gasteiger partial charge is 0.0412 e. The number of hydrogen-bond acceptors (Lipinski definition) is 2. The molecule has 0 fully saturated rings. The van der Waals surface area contributed by atoms with Crippen LogP contribution in [0.1, 0.15) is 13.8 Å². The van der Waals surface area contributed by atoms with E-state index in [-0.39, 0.29) is 0 Å². The van der Waals surface area contributed by atoms with E-state index in [4.69, 9.17) is 0 Å². The van der Waals surface area contributed by atoms with Gasteiger partial charge < -0.3 is 0 Å². The lowest BCUT2D eigenvalue weighted by Gasteiger charge is -1.94. The summed E-state index contributed by atoms with van der Waals surface area (Å²) in [4.78, 5) is 7.84. The molecule has 0 aromatic carbocycles. The van der Waals surface area contributed by atoms with Crippen LogP contribution in [-0.4, -0.2) is 26.0 Å². The lowest BCUT2D eigenvalue weighted by atomic mass is 10.2. The van der Waals surface area contributed by atoms with Gasteiger partial charge in [-0.3, -0.25) is 9.98 Å². The van der Waals surface area contributed by atoms with E-state index in [1.54, 1.807) is 19.5 Å². The molecule has 0 radical (unpaired) electrons. The molecular formula is C7H14N2. The van der Waals surface area contributed by atoms with Gasteiger partial charge in [-0.05, 0) is 5.92 Å². The Morgan fingerprint density at radius 3 is 2.44 bits per heavy atom. The van der Waals surface area contributed by atoms with E-state index < -0.39 is 0 Å². The fraction of sp³-hybridized carbons (Fsp3) is 0.714. The van der Waals surface area contributed by atoms with Crippen molar-refractivity contribution in [3.8, 4) is 0 Å². The Bertz CT molecular complexity index is 103. The van der Waals surface area contributed by atoms with Crippen LogP contribution in [0, 0.1) is 5.92 Å². The first-order chi connectivity index (χ1) is 4.27. The van der Waals surface area contributed by atoms with Crippen molar-refractivity contribution in [2.75, 3.05) is 13.6 Å². The molecule has 52 valence electrons. The van der Waals surface area contributed by atoms with Crippen molar-refractivity contribution in [2.24, 2.45) is 15.9 Å².